The largest absolute Gasteiger partial charge is 0.484 e. The van der Waals surface area contributed by atoms with E-state index in [-0.39, 0.29) is 23.3 Å². The second-order valence-corrected chi connectivity index (χ2v) is 5.50. The number of rotatable bonds is 5. The van der Waals surface area contributed by atoms with E-state index >= 15 is 0 Å². The Kier molecular flexibility index (Phi) is 4.80. The van der Waals surface area contributed by atoms with Crippen LogP contribution in [0.25, 0.3) is 0 Å². The first kappa shape index (κ1) is 15.3. The highest BCUT2D eigenvalue weighted by Crippen LogP contribution is 2.39. The molecule has 0 aromatic heterocycles. The number of nitro benzene ring substituents is 1. The molecule has 2 aromatic carbocycles. The lowest BCUT2D eigenvalue weighted by atomic mass is 10.2. The predicted molar refractivity (Wildman–Crippen MR) is 83.1 cm³/mol. The highest BCUT2D eigenvalue weighted by Gasteiger charge is 2.23. The van der Waals surface area contributed by atoms with Crippen molar-refractivity contribution >= 4 is 21.6 Å². The van der Waals surface area contributed by atoms with Crippen LogP contribution in [0.15, 0.2) is 46.9 Å². The maximum absolute atomic E-state index is 11.3. The van der Waals surface area contributed by atoms with E-state index in [1.165, 1.54) is 0 Å². The highest BCUT2D eigenvalue weighted by molar-refractivity contribution is 9.10. The monoisotopic (exact) mass is 351 g/mol. The number of nitrogens with zero attached hydrogens (tertiary/aromatic N) is 1. The zero-order valence-electron chi connectivity index (χ0n) is 11.6. The van der Waals surface area contributed by atoms with Gasteiger partial charge < -0.3 is 9.47 Å². The molecule has 0 atom stereocenters. The second-order valence-electron chi connectivity index (χ2n) is 4.59. The van der Waals surface area contributed by atoms with E-state index in [9.17, 15) is 10.1 Å². The quantitative estimate of drug-likeness (QED) is 0.565. The molecule has 0 aliphatic carbocycles. The van der Waals surface area contributed by atoms with Crippen LogP contribution in [-0.4, -0.2) is 11.0 Å². The Labute approximate surface area is 130 Å². The second kappa shape index (κ2) is 6.58. The van der Waals surface area contributed by atoms with Gasteiger partial charge in [-0.3, -0.25) is 10.1 Å². The Balaban J connectivity index is 2.41. The van der Waals surface area contributed by atoms with Crippen molar-refractivity contribution in [2.45, 2.75) is 20.0 Å². The number of halogens is 1. The van der Waals surface area contributed by atoms with Gasteiger partial charge in [-0.1, -0.05) is 28.1 Å². The zero-order valence-corrected chi connectivity index (χ0v) is 13.2. The summed E-state index contributed by atoms with van der Waals surface area (Å²) in [6.07, 6.45) is -0.162. The molecule has 0 amide bonds. The average molecular weight is 352 g/mol. The lowest BCUT2D eigenvalue weighted by Gasteiger charge is -2.12. The van der Waals surface area contributed by atoms with Gasteiger partial charge in [0.1, 0.15) is 5.75 Å². The fourth-order valence-electron chi connectivity index (χ4n) is 1.77. The van der Waals surface area contributed by atoms with Crippen LogP contribution < -0.4 is 9.47 Å². The lowest BCUT2D eigenvalue weighted by molar-refractivity contribution is -0.386. The number of benzene rings is 2. The van der Waals surface area contributed by atoms with Gasteiger partial charge in [0.15, 0.2) is 0 Å². The van der Waals surface area contributed by atoms with Gasteiger partial charge in [-0.05, 0) is 44.2 Å². The number of ether oxygens (including phenoxy) is 2. The minimum absolute atomic E-state index is 0.149. The summed E-state index contributed by atoms with van der Waals surface area (Å²) in [4.78, 5) is 10.8. The fourth-order valence-corrected chi connectivity index (χ4v) is 2.15. The number of hydrogen-bond acceptors (Lipinski definition) is 4. The SMILES string of the molecule is CC(C)Oc1cccc(Oc2cccc(Br)c2)c1[N+](=O)[O-]. The first-order valence-electron chi connectivity index (χ1n) is 6.35. The van der Waals surface area contributed by atoms with Gasteiger partial charge in [-0.2, -0.15) is 0 Å². The molecule has 6 heteroatoms. The van der Waals surface area contributed by atoms with Crippen molar-refractivity contribution < 1.29 is 14.4 Å². The Morgan fingerprint density at radius 2 is 1.81 bits per heavy atom. The Morgan fingerprint density at radius 1 is 1.14 bits per heavy atom. The van der Waals surface area contributed by atoms with Gasteiger partial charge in [-0.15, -0.1) is 0 Å². The molecular weight excluding hydrogens is 338 g/mol. The third-order valence-electron chi connectivity index (χ3n) is 2.53. The molecule has 0 saturated carbocycles. The summed E-state index contributed by atoms with van der Waals surface area (Å²) in [6.45, 7) is 3.62. The van der Waals surface area contributed by atoms with E-state index < -0.39 is 4.92 Å². The number of nitro groups is 1. The molecule has 0 aliphatic heterocycles. The van der Waals surface area contributed by atoms with E-state index in [0.717, 1.165) is 4.47 Å². The van der Waals surface area contributed by atoms with E-state index in [1.807, 2.05) is 19.9 Å². The minimum Gasteiger partial charge on any atom is -0.484 e. The molecule has 0 aliphatic rings. The molecule has 0 radical (unpaired) electrons. The molecule has 0 heterocycles. The molecule has 2 rings (SSSR count). The van der Waals surface area contributed by atoms with Crippen LogP contribution in [0, 0.1) is 10.1 Å². The van der Waals surface area contributed by atoms with Gasteiger partial charge in [0.25, 0.3) is 0 Å². The number of hydrogen-bond donors (Lipinski definition) is 0. The van der Waals surface area contributed by atoms with Gasteiger partial charge in [-0.25, -0.2) is 0 Å². The molecule has 21 heavy (non-hydrogen) atoms. The summed E-state index contributed by atoms with van der Waals surface area (Å²) in [6, 6.07) is 11.9. The van der Waals surface area contributed by atoms with Crippen LogP contribution in [0.4, 0.5) is 5.69 Å². The predicted octanol–water partition coefficient (Wildman–Crippen LogP) is 4.94. The van der Waals surface area contributed by atoms with Crippen LogP contribution in [-0.2, 0) is 0 Å². The van der Waals surface area contributed by atoms with E-state index in [0.29, 0.717) is 5.75 Å². The Hall–Kier alpha value is -2.08. The van der Waals surface area contributed by atoms with E-state index in [2.05, 4.69) is 15.9 Å². The van der Waals surface area contributed by atoms with Crippen molar-refractivity contribution in [2.24, 2.45) is 0 Å². The Morgan fingerprint density at radius 3 is 2.43 bits per heavy atom. The van der Waals surface area contributed by atoms with Crippen LogP contribution in [0.1, 0.15) is 13.8 Å². The third kappa shape index (κ3) is 3.95. The van der Waals surface area contributed by atoms with Crippen LogP contribution in [0.3, 0.4) is 0 Å². The first-order valence-corrected chi connectivity index (χ1v) is 7.14. The summed E-state index contributed by atoms with van der Waals surface area (Å²) >= 11 is 3.33. The first-order chi connectivity index (χ1) is 9.97. The van der Waals surface area contributed by atoms with Gasteiger partial charge in [0, 0.05) is 4.47 Å². The van der Waals surface area contributed by atoms with Crippen molar-refractivity contribution in [3.05, 3.63) is 57.1 Å². The normalized spacial score (nSPS) is 10.5. The van der Waals surface area contributed by atoms with Crippen LogP contribution >= 0.6 is 15.9 Å². The molecule has 0 fully saturated rings. The molecule has 0 N–H and O–H groups in total. The van der Waals surface area contributed by atoms with E-state index in [1.54, 1.807) is 36.4 Å². The molecule has 0 bridgehead atoms. The maximum Gasteiger partial charge on any atom is 0.352 e. The van der Waals surface area contributed by atoms with Crippen molar-refractivity contribution in [3.63, 3.8) is 0 Å². The smallest absolute Gasteiger partial charge is 0.352 e. The average Bonchev–Trinajstić information content (AvgIpc) is 2.37. The summed E-state index contributed by atoms with van der Waals surface area (Å²) in [5, 5.41) is 11.3. The zero-order chi connectivity index (χ0) is 15.4. The molecular formula is C15H14BrNO4. The molecule has 0 spiro atoms. The standard InChI is InChI=1S/C15H14BrNO4/c1-10(2)20-13-7-4-8-14(15(13)17(18)19)21-12-6-3-5-11(16)9-12/h3-10H,1-2H3. The lowest BCUT2D eigenvalue weighted by Crippen LogP contribution is -2.07. The summed E-state index contributed by atoms with van der Waals surface area (Å²) < 4.78 is 11.9. The van der Waals surface area contributed by atoms with Gasteiger partial charge >= 0.3 is 5.69 Å². The summed E-state index contributed by atoms with van der Waals surface area (Å²) in [5.41, 5.74) is -0.175. The van der Waals surface area contributed by atoms with Crippen molar-refractivity contribution in [3.8, 4) is 17.2 Å². The number of para-hydroxylation sites is 1. The summed E-state index contributed by atoms with van der Waals surface area (Å²) in [7, 11) is 0. The molecule has 0 unspecified atom stereocenters. The van der Waals surface area contributed by atoms with Crippen LogP contribution in [0.5, 0.6) is 17.2 Å². The maximum atomic E-state index is 11.3. The molecule has 0 saturated heterocycles. The molecule has 5 nitrogen and oxygen atoms in total. The van der Waals surface area contributed by atoms with Crippen molar-refractivity contribution in [1.29, 1.82) is 0 Å². The fraction of sp³-hybridized carbons (Fsp3) is 0.200. The molecule has 110 valence electrons. The minimum atomic E-state index is -0.495. The topological polar surface area (TPSA) is 61.6 Å². The summed E-state index contributed by atoms with van der Waals surface area (Å²) in [5.74, 6) is 0.855. The van der Waals surface area contributed by atoms with Gasteiger partial charge in [0.2, 0.25) is 11.5 Å². The van der Waals surface area contributed by atoms with Crippen LogP contribution in [0.2, 0.25) is 0 Å². The van der Waals surface area contributed by atoms with Crippen molar-refractivity contribution in [1.82, 2.24) is 0 Å². The van der Waals surface area contributed by atoms with Gasteiger partial charge in [0.05, 0.1) is 11.0 Å². The van der Waals surface area contributed by atoms with Crippen molar-refractivity contribution in [2.75, 3.05) is 0 Å². The molecule has 2 aromatic rings. The Bertz CT molecular complexity index is 658. The third-order valence-corrected chi connectivity index (χ3v) is 3.02. The highest BCUT2D eigenvalue weighted by atomic mass is 79.9. The van der Waals surface area contributed by atoms with E-state index in [4.69, 9.17) is 9.47 Å².